The van der Waals surface area contributed by atoms with Gasteiger partial charge in [-0.15, -0.1) is 0 Å². The largest absolute Gasteiger partial charge is 0.315 e. The number of hydrogen-bond acceptors (Lipinski definition) is 3. The topological polar surface area (TPSA) is 49.4 Å². The molecule has 1 saturated heterocycles. The minimum Gasteiger partial charge on any atom is -0.315 e. The zero-order valence-corrected chi connectivity index (χ0v) is 12.9. The molecule has 1 aliphatic heterocycles. The zero-order valence-electron chi connectivity index (χ0n) is 12.1. The molecule has 1 N–H and O–H groups in total. The van der Waals surface area contributed by atoms with Crippen LogP contribution in [0.15, 0.2) is 11.6 Å². The van der Waals surface area contributed by atoms with Crippen molar-refractivity contribution in [1.82, 2.24) is 9.62 Å². The molecule has 0 aromatic carbocycles. The van der Waals surface area contributed by atoms with Crippen LogP contribution in [0, 0.1) is 11.8 Å². The first-order valence-corrected chi connectivity index (χ1v) is 8.97. The van der Waals surface area contributed by atoms with E-state index in [-0.39, 0.29) is 0 Å². The molecule has 1 heterocycles. The molecular weight excluding hydrogens is 260 g/mol. The Morgan fingerprint density at radius 2 is 2.26 bits per heavy atom. The van der Waals surface area contributed by atoms with Crippen LogP contribution in [0.1, 0.15) is 33.1 Å². The molecule has 0 aromatic heterocycles. The van der Waals surface area contributed by atoms with E-state index in [4.69, 9.17) is 0 Å². The van der Waals surface area contributed by atoms with Crippen molar-refractivity contribution < 1.29 is 8.42 Å². The SMILES string of the molecule is CC1=CCC[C@H](C)[C@H]1CNCCN1CCCS1(=O)=O. The molecule has 0 spiro atoms. The van der Waals surface area contributed by atoms with Crippen LogP contribution in [0.3, 0.4) is 0 Å². The summed E-state index contributed by atoms with van der Waals surface area (Å²) in [6, 6.07) is 0. The van der Waals surface area contributed by atoms with Gasteiger partial charge in [0.05, 0.1) is 5.75 Å². The fourth-order valence-corrected chi connectivity index (χ4v) is 4.67. The van der Waals surface area contributed by atoms with Gasteiger partial charge in [-0.3, -0.25) is 0 Å². The van der Waals surface area contributed by atoms with Gasteiger partial charge >= 0.3 is 0 Å². The van der Waals surface area contributed by atoms with Gasteiger partial charge in [0, 0.05) is 26.2 Å². The van der Waals surface area contributed by atoms with Crippen molar-refractivity contribution in [2.24, 2.45) is 11.8 Å². The number of nitrogens with one attached hydrogen (secondary N) is 1. The van der Waals surface area contributed by atoms with Gasteiger partial charge in [-0.1, -0.05) is 18.6 Å². The van der Waals surface area contributed by atoms with Crippen molar-refractivity contribution in [3.05, 3.63) is 11.6 Å². The molecule has 1 fully saturated rings. The Kier molecular flexibility index (Phi) is 5.03. The van der Waals surface area contributed by atoms with Crippen molar-refractivity contribution in [2.45, 2.75) is 33.1 Å². The highest BCUT2D eigenvalue weighted by atomic mass is 32.2. The Morgan fingerprint density at radius 1 is 1.47 bits per heavy atom. The van der Waals surface area contributed by atoms with Crippen LogP contribution in [0.4, 0.5) is 0 Å². The summed E-state index contributed by atoms with van der Waals surface area (Å²) in [5, 5.41) is 3.43. The van der Waals surface area contributed by atoms with Crippen LogP contribution < -0.4 is 5.32 Å². The van der Waals surface area contributed by atoms with Crippen LogP contribution in [0.2, 0.25) is 0 Å². The lowest BCUT2D eigenvalue weighted by molar-refractivity contribution is 0.343. The van der Waals surface area contributed by atoms with Crippen molar-refractivity contribution in [3.63, 3.8) is 0 Å². The van der Waals surface area contributed by atoms with E-state index in [1.807, 2.05) is 0 Å². The molecule has 5 heteroatoms. The Bertz CT molecular complexity index is 431. The van der Waals surface area contributed by atoms with Gasteiger partial charge in [-0.05, 0) is 38.0 Å². The van der Waals surface area contributed by atoms with Crippen LogP contribution in [0.5, 0.6) is 0 Å². The normalized spacial score (nSPS) is 31.4. The Morgan fingerprint density at radius 3 is 2.89 bits per heavy atom. The molecule has 19 heavy (non-hydrogen) atoms. The molecule has 0 radical (unpaired) electrons. The van der Waals surface area contributed by atoms with E-state index in [2.05, 4.69) is 25.2 Å². The first-order valence-electron chi connectivity index (χ1n) is 7.36. The highest BCUT2D eigenvalue weighted by Gasteiger charge is 2.27. The zero-order chi connectivity index (χ0) is 13.9. The lowest BCUT2D eigenvalue weighted by Gasteiger charge is -2.29. The van der Waals surface area contributed by atoms with Crippen LogP contribution >= 0.6 is 0 Å². The van der Waals surface area contributed by atoms with Gasteiger partial charge in [0.1, 0.15) is 0 Å². The maximum atomic E-state index is 11.7. The van der Waals surface area contributed by atoms with E-state index >= 15 is 0 Å². The lowest BCUT2D eigenvalue weighted by atomic mass is 9.80. The van der Waals surface area contributed by atoms with Crippen LogP contribution in [-0.4, -0.2) is 44.7 Å². The standard InChI is InChI=1S/C14H26N2O2S/c1-12-5-3-6-13(2)14(12)11-15-7-9-16-8-4-10-19(16,17)18/h5,13-15H,3-4,6-11H2,1-2H3/t13-,14-/m0/s1. The van der Waals surface area contributed by atoms with E-state index in [9.17, 15) is 8.42 Å². The average molecular weight is 286 g/mol. The van der Waals surface area contributed by atoms with E-state index in [0.29, 0.717) is 24.8 Å². The monoisotopic (exact) mass is 286 g/mol. The van der Waals surface area contributed by atoms with Gasteiger partial charge in [0.2, 0.25) is 10.0 Å². The summed E-state index contributed by atoms with van der Waals surface area (Å²) in [6.45, 7) is 7.57. The molecule has 4 nitrogen and oxygen atoms in total. The summed E-state index contributed by atoms with van der Waals surface area (Å²) in [6.07, 6.45) is 5.60. The third-order valence-electron chi connectivity index (χ3n) is 4.47. The van der Waals surface area contributed by atoms with Crippen LogP contribution in [-0.2, 0) is 10.0 Å². The Labute approximate surface area is 117 Å². The summed E-state index contributed by atoms with van der Waals surface area (Å²) >= 11 is 0. The number of hydrogen-bond donors (Lipinski definition) is 1. The van der Waals surface area contributed by atoms with Crippen molar-refractivity contribution in [1.29, 1.82) is 0 Å². The average Bonchev–Trinajstić information content (AvgIpc) is 2.67. The third kappa shape index (κ3) is 3.80. The summed E-state index contributed by atoms with van der Waals surface area (Å²) in [5.41, 5.74) is 1.49. The van der Waals surface area contributed by atoms with E-state index < -0.39 is 10.0 Å². The van der Waals surface area contributed by atoms with Gasteiger partial charge in [-0.25, -0.2) is 12.7 Å². The van der Waals surface area contributed by atoms with E-state index in [1.54, 1.807) is 4.31 Å². The highest BCUT2D eigenvalue weighted by molar-refractivity contribution is 7.89. The summed E-state index contributed by atoms with van der Waals surface area (Å²) < 4.78 is 24.9. The summed E-state index contributed by atoms with van der Waals surface area (Å²) in [7, 11) is -2.93. The number of allylic oxidation sites excluding steroid dienone is 1. The molecule has 0 unspecified atom stereocenters. The maximum absolute atomic E-state index is 11.7. The minimum absolute atomic E-state index is 0.328. The molecule has 0 aromatic rings. The minimum atomic E-state index is -2.93. The fraction of sp³-hybridized carbons (Fsp3) is 0.857. The molecule has 1 aliphatic carbocycles. The van der Waals surface area contributed by atoms with Crippen molar-refractivity contribution in [2.75, 3.05) is 31.9 Å². The maximum Gasteiger partial charge on any atom is 0.214 e. The number of sulfonamides is 1. The molecule has 0 bridgehead atoms. The van der Waals surface area contributed by atoms with Crippen LogP contribution in [0.25, 0.3) is 0 Å². The Hall–Kier alpha value is -0.390. The second-order valence-corrected chi connectivity index (χ2v) is 7.97. The lowest BCUT2D eigenvalue weighted by Crippen LogP contribution is -2.36. The molecule has 0 amide bonds. The molecule has 110 valence electrons. The first kappa shape index (κ1) is 15.0. The molecule has 2 aliphatic rings. The number of rotatable bonds is 5. The summed E-state index contributed by atoms with van der Waals surface area (Å²) in [5.74, 6) is 1.67. The first-order chi connectivity index (χ1) is 9.00. The van der Waals surface area contributed by atoms with E-state index in [0.717, 1.165) is 25.4 Å². The quantitative estimate of drug-likeness (QED) is 0.617. The number of nitrogens with zero attached hydrogens (tertiary/aromatic N) is 1. The Balaban J connectivity index is 1.72. The van der Waals surface area contributed by atoms with Crippen molar-refractivity contribution in [3.8, 4) is 0 Å². The smallest absolute Gasteiger partial charge is 0.214 e. The molecular formula is C14H26N2O2S. The predicted octanol–water partition coefficient (Wildman–Crippen LogP) is 1.60. The van der Waals surface area contributed by atoms with E-state index in [1.165, 1.54) is 18.4 Å². The summed E-state index contributed by atoms with van der Waals surface area (Å²) in [4.78, 5) is 0. The molecule has 2 rings (SSSR count). The van der Waals surface area contributed by atoms with Gasteiger partial charge in [0.15, 0.2) is 0 Å². The second-order valence-electron chi connectivity index (χ2n) is 5.88. The van der Waals surface area contributed by atoms with Gasteiger partial charge < -0.3 is 5.32 Å². The van der Waals surface area contributed by atoms with Gasteiger partial charge in [0.25, 0.3) is 0 Å². The predicted molar refractivity (Wildman–Crippen MR) is 78.5 cm³/mol. The third-order valence-corrected chi connectivity index (χ3v) is 6.42. The molecule has 0 saturated carbocycles. The van der Waals surface area contributed by atoms with Gasteiger partial charge in [-0.2, -0.15) is 0 Å². The fourth-order valence-electron chi connectivity index (χ4n) is 3.14. The van der Waals surface area contributed by atoms with Crippen molar-refractivity contribution >= 4 is 10.0 Å². The molecule has 2 atom stereocenters. The highest BCUT2D eigenvalue weighted by Crippen LogP contribution is 2.29. The second kappa shape index (κ2) is 6.37.